The molecule has 0 bridgehead atoms. The van der Waals surface area contributed by atoms with Crippen LogP contribution in [0.3, 0.4) is 0 Å². The van der Waals surface area contributed by atoms with Gasteiger partial charge in [-0.25, -0.2) is 9.97 Å². The molecule has 0 saturated heterocycles. The van der Waals surface area contributed by atoms with Gasteiger partial charge in [-0.3, -0.25) is 4.79 Å². The average Bonchev–Trinajstić information content (AvgIpc) is 3.18. The Bertz CT molecular complexity index is 1140. The van der Waals surface area contributed by atoms with Gasteiger partial charge in [0, 0.05) is 16.0 Å². The van der Waals surface area contributed by atoms with E-state index in [1.165, 1.54) is 11.8 Å². The Morgan fingerprint density at radius 3 is 2.69 bits per heavy atom. The highest BCUT2D eigenvalue weighted by molar-refractivity contribution is 8.00. The number of anilines is 1. The van der Waals surface area contributed by atoms with Crippen LogP contribution in [0.5, 0.6) is 0 Å². The summed E-state index contributed by atoms with van der Waals surface area (Å²) in [6.45, 7) is 4.04. The van der Waals surface area contributed by atoms with E-state index in [-0.39, 0.29) is 11.2 Å². The highest BCUT2D eigenvalue weighted by Gasteiger charge is 2.21. The Morgan fingerprint density at radius 2 is 1.93 bits per heavy atom. The molecule has 146 valence electrons. The first-order valence-corrected chi connectivity index (χ1v) is 11.2. The van der Waals surface area contributed by atoms with Crippen LogP contribution in [0.4, 0.5) is 5.69 Å². The number of carbonyl (C=O) groups excluding carboxylic acids is 1. The fourth-order valence-corrected chi connectivity index (χ4v) is 5.14. The second-order valence-electron chi connectivity index (χ2n) is 6.75. The number of aryl methyl sites for hydroxylation is 1. The second-order valence-corrected chi connectivity index (χ2v) is 8.97. The van der Waals surface area contributed by atoms with Crippen LogP contribution >= 0.6 is 23.1 Å². The molecule has 0 radical (unpaired) electrons. The number of thioether (sulfide) groups is 1. The van der Waals surface area contributed by atoms with Crippen molar-refractivity contribution in [1.29, 1.82) is 0 Å². The summed E-state index contributed by atoms with van der Waals surface area (Å²) in [6, 6.07) is 20.2. The van der Waals surface area contributed by atoms with Crippen molar-refractivity contribution in [3.8, 4) is 10.4 Å². The molecular weight excluding hydrogens is 398 g/mol. The quantitative estimate of drug-likeness (QED) is 0.300. The van der Waals surface area contributed by atoms with Gasteiger partial charge in [-0.2, -0.15) is 0 Å². The van der Waals surface area contributed by atoms with Crippen LogP contribution in [0, 0.1) is 6.92 Å². The summed E-state index contributed by atoms with van der Waals surface area (Å²) in [6.07, 6.45) is 2.30. The Kier molecular flexibility index (Phi) is 5.92. The van der Waals surface area contributed by atoms with Crippen molar-refractivity contribution in [3.63, 3.8) is 0 Å². The van der Waals surface area contributed by atoms with E-state index < -0.39 is 0 Å². The number of nitrogens with zero attached hydrogens (tertiary/aromatic N) is 2. The number of hydrogen-bond acceptors (Lipinski definition) is 5. The molecule has 1 amide bonds. The van der Waals surface area contributed by atoms with Gasteiger partial charge in [-0.15, -0.1) is 11.3 Å². The highest BCUT2D eigenvalue weighted by atomic mass is 32.2. The summed E-state index contributed by atoms with van der Waals surface area (Å²) in [5.74, 6) is -0.00613. The van der Waals surface area contributed by atoms with Crippen LogP contribution in [0.15, 0.2) is 72.0 Å². The maximum Gasteiger partial charge on any atom is 0.237 e. The normalized spacial score (nSPS) is 12.1. The zero-order valence-corrected chi connectivity index (χ0v) is 17.9. The minimum absolute atomic E-state index is 0.00613. The summed E-state index contributed by atoms with van der Waals surface area (Å²) in [5, 5.41) is 4.65. The third-order valence-corrected chi connectivity index (χ3v) is 7.03. The van der Waals surface area contributed by atoms with Gasteiger partial charge < -0.3 is 5.32 Å². The molecule has 4 aromatic rings. The summed E-state index contributed by atoms with van der Waals surface area (Å²) in [7, 11) is 0. The van der Waals surface area contributed by atoms with Crippen LogP contribution in [-0.2, 0) is 4.79 Å². The van der Waals surface area contributed by atoms with E-state index in [2.05, 4.69) is 33.5 Å². The lowest BCUT2D eigenvalue weighted by molar-refractivity contribution is -0.115. The molecule has 2 aromatic heterocycles. The van der Waals surface area contributed by atoms with Gasteiger partial charge in [0.15, 0.2) is 0 Å². The van der Waals surface area contributed by atoms with Crippen LogP contribution in [-0.4, -0.2) is 21.1 Å². The molecule has 0 fully saturated rings. The lowest BCUT2D eigenvalue weighted by Crippen LogP contribution is -2.24. The van der Waals surface area contributed by atoms with Gasteiger partial charge in [0.05, 0.1) is 5.25 Å². The highest BCUT2D eigenvalue weighted by Crippen LogP contribution is 2.37. The molecule has 0 aliphatic carbocycles. The number of aromatic nitrogens is 2. The number of fused-ring (bicyclic) bond motifs is 1. The van der Waals surface area contributed by atoms with Crippen LogP contribution in [0.25, 0.3) is 20.7 Å². The molecule has 29 heavy (non-hydrogen) atoms. The van der Waals surface area contributed by atoms with E-state index in [1.54, 1.807) is 17.7 Å². The van der Waals surface area contributed by atoms with Crippen molar-refractivity contribution in [3.05, 3.63) is 72.6 Å². The molecule has 0 aliphatic heterocycles. The minimum atomic E-state index is -0.228. The fraction of sp³-hybridized carbons (Fsp3) is 0.174. The first kappa shape index (κ1) is 19.6. The monoisotopic (exact) mass is 419 g/mol. The molecule has 0 aliphatic rings. The standard InChI is InChI=1S/C23H21N3OS2/c1-3-19(21(27)26-17-11-7-8-15(2)12-17)28-22-18-13-20(16-9-5-4-6-10-16)29-23(18)25-14-24-22/h4-14,19H,3H2,1-2H3,(H,26,27). The molecule has 0 spiro atoms. The van der Waals surface area contributed by atoms with Crippen molar-refractivity contribution in [2.24, 2.45) is 0 Å². The molecule has 6 heteroatoms. The SMILES string of the molecule is CCC(Sc1ncnc2sc(-c3ccccc3)cc12)C(=O)Nc1cccc(C)c1. The molecule has 4 rings (SSSR count). The molecular formula is C23H21N3OS2. The summed E-state index contributed by atoms with van der Waals surface area (Å²) in [4.78, 5) is 23.9. The third-order valence-electron chi connectivity index (χ3n) is 4.55. The van der Waals surface area contributed by atoms with E-state index in [1.807, 2.05) is 56.3 Å². The zero-order valence-electron chi connectivity index (χ0n) is 16.3. The minimum Gasteiger partial charge on any atom is -0.325 e. The molecule has 2 aromatic carbocycles. The summed E-state index contributed by atoms with van der Waals surface area (Å²) in [5.41, 5.74) is 3.10. The number of hydrogen-bond donors (Lipinski definition) is 1. The lowest BCUT2D eigenvalue weighted by Gasteiger charge is -2.15. The van der Waals surface area contributed by atoms with Gasteiger partial charge in [-0.05, 0) is 42.7 Å². The summed E-state index contributed by atoms with van der Waals surface area (Å²) >= 11 is 3.15. The van der Waals surface area contributed by atoms with Crippen LogP contribution < -0.4 is 5.32 Å². The number of carbonyl (C=O) groups is 1. The molecule has 1 atom stereocenters. The van der Waals surface area contributed by atoms with Crippen LogP contribution in [0.1, 0.15) is 18.9 Å². The second kappa shape index (κ2) is 8.76. The smallest absolute Gasteiger partial charge is 0.237 e. The van der Waals surface area contributed by atoms with Crippen molar-refractivity contribution in [1.82, 2.24) is 9.97 Å². The Balaban J connectivity index is 1.58. The predicted octanol–water partition coefficient (Wildman–Crippen LogP) is 6.18. The van der Waals surface area contributed by atoms with Crippen molar-refractivity contribution < 1.29 is 4.79 Å². The predicted molar refractivity (Wildman–Crippen MR) is 123 cm³/mol. The summed E-state index contributed by atoms with van der Waals surface area (Å²) < 4.78 is 0. The zero-order chi connectivity index (χ0) is 20.2. The van der Waals surface area contributed by atoms with Crippen molar-refractivity contribution in [2.75, 3.05) is 5.32 Å². The maximum atomic E-state index is 12.8. The Hall–Kier alpha value is -2.70. The largest absolute Gasteiger partial charge is 0.325 e. The average molecular weight is 420 g/mol. The van der Waals surface area contributed by atoms with Gasteiger partial charge in [0.25, 0.3) is 0 Å². The topological polar surface area (TPSA) is 54.9 Å². The van der Waals surface area contributed by atoms with E-state index in [4.69, 9.17) is 0 Å². The van der Waals surface area contributed by atoms with Gasteiger partial charge in [0.2, 0.25) is 5.91 Å². The molecule has 2 heterocycles. The number of benzene rings is 2. The number of amides is 1. The number of nitrogens with one attached hydrogen (secondary N) is 1. The third kappa shape index (κ3) is 4.49. The van der Waals surface area contributed by atoms with Crippen molar-refractivity contribution in [2.45, 2.75) is 30.5 Å². The molecule has 1 N–H and O–H groups in total. The Labute approximate surface area is 178 Å². The number of rotatable bonds is 6. The molecule has 4 nitrogen and oxygen atoms in total. The van der Waals surface area contributed by atoms with Crippen molar-refractivity contribution >= 4 is 44.9 Å². The van der Waals surface area contributed by atoms with Gasteiger partial charge in [0.1, 0.15) is 16.2 Å². The lowest BCUT2D eigenvalue weighted by atomic mass is 10.2. The van der Waals surface area contributed by atoms with Crippen LogP contribution in [0.2, 0.25) is 0 Å². The Morgan fingerprint density at radius 1 is 1.10 bits per heavy atom. The van der Waals surface area contributed by atoms with E-state index >= 15 is 0 Å². The van der Waals surface area contributed by atoms with Gasteiger partial charge >= 0.3 is 0 Å². The molecule has 1 unspecified atom stereocenters. The first-order valence-electron chi connectivity index (χ1n) is 9.48. The molecule has 0 saturated carbocycles. The fourth-order valence-electron chi connectivity index (χ4n) is 3.07. The van der Waals surface area contributed by atoms with E-state index in [0.717, 1.165) is 36.9 Å². The number of thiophene rings is 1. The van der Waals surface area contributed by atoms with Gasteiger partial charge in [-0.1, -0.05) is 61.2 Å². The first-order chi connectivity index (χ1) is 14.1. The van der Waals surface area contributed by atoms with E-state index in [0.29, 0.717) is 6.42 Å². The van der Waals surface area contributed by atoms with E-state index in [9.17, 15) is 4.79 Å². The maximum absolute atomic E-state index is 12.8.